The summed E-state index contributed by atoms with van der Waals surface area (Å²) in [5.74, 6) is 1.60. The molecular formula is C32H19N8NaO3S. The minimum absolute atomic E-state index is 0. The summed E-state index contributed by atoms with van der Waals surface area (Å²) in [6.45, 7) is 0. The normalized spacial score (nSPS) is 12.1. The second-order valence-corrected chi connectivity index (χ2v) is 11.8. The molecule has 4 aromatic carbocycles. The van der Waals surface area contributed by atoms with E-state index < -0.39 is 10.1 Å². The number of rotatable bonds is 1. The number of aromatic nitrogens is 8. The minimum atomic E-state index is -4.62. The third-order valence-electron chi connectivity index (χ3n) is 7.82. The van der Waals surface area contributed by atoms with Crippen LogP contribution < -0.4 is 0 Å². The molecular weight excluding hydrogens is 599 g/mol. The van der Waals surface area contributed by atoms with Crippen molar-refractivity contribution in [2.45, 2.75) is 4.90 Å². The van der Waals surface area contributed by atoms with E-state index in [2.05, 4.69) is 9.97 Å². The van der Waals surface area contributed by atoms with E-state index in [0.29, 0.717) is 45.6 Å². The quantitative estimate of drug-likeness (QED) is 0.160. The molecule has 8 bridgehead atoms. The first-order valence-corrected chi connectivity index (χ1v) is 15.1. The van der Waals surface area contributed by atoms with Crippen LogP contribution in [0.4, 0.5) is 0 Å². The molecule has 0 fully saturated rings. The van der Waals surface area contributed by atoms with Crippen LogP contribution in [-0.2, 0) is 10.1 Å². The van der Waals surface area contributed by atoms with Gasteiger partial charge in [-0.25, -0.2) is 29.9 Å². The van der Waals surface area contributed by atoms with Gasteiger partial charge in [-0.1, -0.05) is 84.9 Å². The standard InChI is InChI=1S/C32H18N8O3S.Na.H/c41-44(42,43)23-15-7-14-22-24(23)32-39-30-21-13-6-5-12-20(21)28(37-30)35-26-17-9-2-1-8-16(17)25(33-26)34-27-18-10-3-4-11-19(18)29(36-27)38-31(22)40-32;;/h1-15H,(H,41,42,43)(H2,33,34,35,36,37,38,39,40);;. The van der Waals surface area contributed by atoms with E-state index in [-0.39, 0.29) is 45.5 Å². The molecule has 0 saturated carbocycles. The molecule has 0 saturated heterocycles. The number of aromatic amines is 2. The van der Waals surface area contributed by atoms with Crippen LogP contribution in [-0.4, -0.2) is 82.4 Å². The maximum absolute atomic E-state index is 12.5. The van der Waals surface area contributed by atoms with Crippen molar-refractivity contribution in [3.8, 4) is 45.6 Å². The van der Waals surface area contributed by atoms with Crippen LogP contribution in [0.1, 0.15) is 0 Å². The van der Waals surface area contributed by atoms with Crippen LogP contribution >= 0.6 is 0 Å². The Morgan fingerprint density at radius 1 is 0.467 bits per heavy atom. The summed E-state index contributed by atoms with van der Waals surface area (Å²) >= 11 is 0. The molecule has 212 valence electrons. The first-order valence-electron chi connectivity index (χ1n) is 13.6. The predicted molar refractivity (Wildman–Crippen MR) is 173 cm³/mol. The fourth-order valence-corrected chi connectivity index (χ4v) is 6.59. The fourth-order valence-electron chi connectivity index (χ4n) is 5.87. The number of fused-ring (bicyclic) bond motifs is 20. The van der Waals surface area contributed by atoms with Gasteiger partial charge in [0.25, 0.3) is 10.1 Å². The molecule has 9 rings (SSSR count). The molecule has 5 heterocycles. The molecule has 2 aliphatic heterocycles. The summed E-state index contributed by atoms with van der Waals surface area (Å²) in [6, 6.07) is 27.6. The van der Waals surface area contributed by atoms with E-state index in [9.17, 15) is 13.0 Å². The molecule has 7 aromatic rings. The average molecular weight is 619 g/mol. The molecule has 0 spiro atoms. The molecule has 0 amide bonds. The van der Waals surface area contributed by atoms with Crippen molar-refractivity contribution in [1.29, 1.82) is 0 Å². The van der Waals surface area contributed by atoms with E-state index in [1.165, 1.54) is 6.07 Å². The van der Waals surface area contributed by atoms with Gasteiger partial charge in [0.15, 0.2) is 23.3 Å². The van der Waals surface area contributed by atoms with Crippen molar-refractivity contribution in [1.82, 2.24) is 39.9 Å². The Morgan fingerprint density at radius 2 is 0.844 bits per heavy atom. The van der Waals surface area contributed by atoms with Gasteiger partial charge in [0.1, 0.15) is 27.5 Å². The Kier molecular flexibility index (Phi) is 6.21. The van der Waals surface area contributed by atoms with Crippen molar-refractivity contribution in [2.24, 2.45) is 0 Å². The average Bonchev–Trinajstić information content (AvgIpc) is 3.76. The third kappa shape index (κ3) is 4.30. The first-order chi connectivity index (χ1) is 21.4. The summed E-state index contributed by atoms with van der Waals surface area (Å²) in [4.78, 5) is 35.4. The molecule has 13 heteroatoms. The van der Waals surface area contributed by atoms with Gasteiger partial charge < -0.3 is 9.97 Å². The summed E-state index contributed by atoms with van der Waals surface area (Å²) < 4.78 is 35.2. The number of H-pyrrole nitrogens is 2. The maximum atomic E-state index is 12.5. The predicted octanol–water partition coefficient (Wildman–Crippen LogP) is 5.47. The van der Waals surface area contributed by atoms with Gasteiger partial charge >= 0.3 is 29.6 Å². The van der Waals surface area contributed by atoms with Crippen LogP contribution in [0.3, 0.4) is 0 Å². The van der Waals surface area contributed by atoms with Crippen LogP contribution in [0.15, 0.2) is 95.9 Å². The summed E-state index contributed by atoms with van der Waals surface area (Å²) in [5.41, 5.74) is 4.68. The Morgan fingerprint density at radius 3 is 1.31 bits per heavy atom. The number of benzene rings is 4. The molecule has 2 aliphatic rings. The number of hydrogen-bond donors (Lipinski definition) is 3. The van der Waals surface area contributed by atoms with Crippen LogP contribution in [0, 0.1) is 0 Å². The van der Waals surface area contributed by atoms with E-state index in [4.69, 9.17) is 29.9 Å². The Balaban J connectivity index is 0.00000300. The zero-order valence-electron chi connectivity index (χ0n) is 22.5. The molecule has 0 aliphatic carbocycles. The van der Waals surface area contributed by atoms with Gasteiger partial charge in [0.05, 0.1) is 0 Å². The Bertz CT molecular complexity index is 2660. The first kappa shape index (κ1) is 27.7. The van der Waals surface area contributed by atoms with E-state index in [1.807, 2.05) is 72.8 Å². The topological polar surface area (TPSA) is 163 Å². The summed E-state index contributed by atoms with van der Waals surface area (Å²) in [6.07, 6.45) is 0. The molecule has 0 unspecified atom stereocenters. The molecule has 3 N–H and O–H groups in total. The van der Waals surface area contributed by atoms with Gasteiger partial charge in [-0.2, -0.15) is 8.42 Å². The third-order valence-corrected chi connectivity index (χ3v) is 8.72. The van der Waals surface area contributed by atoms with Crippen LogP contribution in [0.25, 0.3) is 89.7 Å². The molecule has 3 aromatic heterocycles. The van der Waals surface area contributed by atoms with Crippen molar-refractivity contribution in [3.05, 3.63) is 91.0 Å². The number of hydrogen-bond acceptors (Lipinski definition) is 8. The Hall–Kier alpha value is -4.85. The van der Waals surface area contributed by atoms with E-state index >= 15 is 0 Å². The van der Waals surface area contributed by atoms with Crippen molar-refractivity contribution >= 4 is 83.8 Å². The van der Waals surface area contributed by atoms with Gasteiger partial charge in [-0.15, -0.1) is 0 Å². The van der Waals surface area contributed by atoms with Crippen LogP contribution in [0.5, 0.6) is 0 Å². The SMILES string of the molecule is O=S(=O)(O)c1cccc2c3nc4nc(nc5[nH]c(nc6nc(nc([nH]3)c12)-c1ccccc1-6)c1ccccc51)-c1ccccc1-4.[NaH]. The molecule has 11 nitrogen and oxygen atoms in total. The van der Waals surface area contributed by atoms with Gasteiger partial charge in [0.2, 0.25) is 0 Å². The second-order valence-electron chi connectivity index (χ2n) is 10.4. The summed E-state index contributed by atoms with van der Waals surface area (Å²) in [5, 5.41) is 2.36. The Labute approximate surface area is 276 Å². The number of nitrogens with one attached hydrogen (secondary N) is 2. The van der Waals surface area contributed by atoms with Gasteiger partial charge in [0, 0.05) is 43.8 Å². The monoisotopic (exact) mass is 618 g/mol. The second kappa shape index (κ2) is 10.1. The van der Waals surface area contributed by atoms with Crippen molar-refractivity contribution in [2.75, 3.05) is 0 Å². The van der Waals surface area contributed by atoms with Crippen molar-refractivity contribution < 1.29 is 13.0 Å². The van der Waals surface area contributed by atoms with E-state index in [1.54, 1.807) is 12.1 Å². The fraction of sp³-hybridized carbons (Fsp3) is 0. The molecule has 0 radical (unpaired) electrons. The zero-order valence-corrected chi connectivity index (χ0v) is 23.3. The zero-order chi connectivity index (χ0) is 29.6. The summed E-state index contributed by atoms with van der Waals surface area (Å²) in [7, 11) is -4.62. The van der Waals surface area contributed by atoms with Gasteiger partial charge in [-0.3, -0.25) is 4.55 Å². The number of nitrogens with zero attached hydrogens (tertiary/aromatic N) is 6. The molecule has 0 atom stereocenters. The molecule has 45 heavy (non-hydrogen) atoms. The van der Waals surface area contributed by atoms with Gasteiger partial charge in [-0.05, 0) is 6.07 Å². The van der Waals surface area contributed by atoms with Crippen molar-refractivity contribution in [3.63, 3.8) is 0 Å². The van der Waals surface area contributed by atoms with E-state index in [0.717, 1.165) is 33.0 Å². The van der Waals surface area contributed by atoms with Crippen LogP contribution in [0.2, 0.25) is 0 Å².